The smallest absolute Gasteiger partial charge is 0.0914 e. The fourth-order valence-electron chi connectivity index (χ4n) is 2.46. The Balaban J connectivity index is 1.73. The molecule has 0 aromatic heterocycles. The average Bonchev–Trinajstić information content (AvgIpc) is 2.51. The van der Waals surface area contributed by atoms with Gasteiger partial charge in [0.15, 0.2) is 0 Å². The van der Waals surface area contributed by atoms with Crippen LogP contribution in [0.2, 0.25) is 0 Å². The minimum absolute atomic E-state index is 0.392. The van der Waals surface area contributed by atoms with Crippen LogP contribution in [-0.2, 0) is 6.42 Å². The molecule has 0 spiro atoms. The zero-order chi connectivity index (χ0) is 15.1. The second-order valence-corrected chi connectivity index (χ2v) is 5.76. The van der Waals surface area contributed by atoms with Crippen molar-refractivity contribution in [1.29, 1.82) is 0 Å². The Hall–Kier alpha value is -1.64. The molecular formula is C19H25NO. The molecule has 0 radical (unpaired) electrons. The largest absolute Gasteiger partial charge is 0.387 e. The minimum Gasteiger partial charge on any atom is -0.387 e. The van der Waals surface area contributed by atoms with E-state index in [-0.39, 0.29) is 0 Å². The summed E-state index contributed by atoms with van der Waals surface area (Å²) in [6.07, 6.45) is 1.70. The Bertz CT molecular complexity index is 538. The molecule has 0 aliphatic heterocycles. The normalized spacial score (nSPS) is 13.9. The van der Waals surface area contributed by atoms with Crippen LogP contribution in [0.4, 0.5) is 0 Å². The molecule has 0 saturated carbocycles. The summed E-state index contributed by atoms with van der Waals surface area (Å²) in [5.74, 6) is 0. The van der Waals surface area contributed by atoms with Gasteiger partial charge in [-0.05, 0) is 37.8 Å². The third kappa shape index (κ3) is 5.33. The predicted molar refractivity (Wildman–Crippen MR) is 88.4 cm³/mol. The second-order valence-electron chi connectivity index (χ2n) is 5.76. The van der Waals surface area contributed by atoms with E-state index in [1.165, 1.54) is 11.1 Å². The molecule has 0 aliphatic carbocycles. The van der Waals surface area contributed by atoms with Gasteiger partial charge in [-0.15, -0.1) is 0 Å². The Morgan fingerprint density at radius 1 is 1.05 bits per heavy atom. The maximum atomic E-state index is 10.1. The first kappa shape index (κ1) is 15.7. The lowest BCUT2D eigenvalue weighted by Crippen LogP contribution is -2.30. The first-order valence-electron chi connectivity index (χ1n) is 7.67. The number of aliphatic hydroxyl groups excluding tert-OH is 1. The van der Waals surface area contributed by atoms with Gasteiger partial charge in [-0.25, -0.2) is 0 Å². The highest BCUT2D eigenvalue weighted by molar-refractivity contribution is 5.22. The van der Waals surface area contributed by atoms with Crippen LogP contribution in [-0.4, -0.2) is 17.7 Å². The van der Waals surface area contributed by atoms with Gasteiger partial charge in [0.2, 0.25) is 0 Å². The third-order valence-corrected chi connectivity index (χ3v) is 3.79. The van der Waals surface area contributed by atoms with E-state index in [9.17, 15) is 5.11 Å². The highest BCUT2D eigenvalue weighted by Gasteiger charge is 2.09. The number of aryl methyl sites for hydroxylation is 2. The van der Waals surface area contributed by atoms with Crippen molar-refractivity contribution in [3.8, 4) is 0 Å². The Morgan fingerprint density at radius 3 is 2.52 bits per heavy atom. The van der Waals surface area contributed by atoms with Crippen molar-refractivity contribution in [3.63, 3.8) is 0 Å². The van der Waals surface area contributed by atoms with Crippen molar-refractivity contribution in [2.75, 3.05) is 6.54 Å². The van der Waals surface area contributed by atoms with E-state index in [0.717, 1.165) is 18.4 Å². The summed E-state index contributed by atoms with van der Waals surface area (Å²) in [5, 5.41) is 13.5. The zero-order valence-electron chi connectivity index (χ0n) is 12.9. The van der Waals surface area contributed by atoms with Crippen molar-refractivity contribution >= 4 is 0 Å². The minimum atomic E-state index is -0.437. The molecule has 2 N–H and O–H groups in total. The van der Waals surface area contributed by atoms with Gasteiger partial charge in [0.25, 0.3) is 0 Å². The van der Waals surface area contributed by atoms with Gasteiger partial charge in [-0.2, -0.15) is 0 Å². The number of hydrogen-bond donors (Lipinski definition) is 2. The van der Waals surface area contributed by atoms with Gasteiger partial charge in [-0.1, -0.05) is 60.2 Å². The molecule has 21 heavy (non-hydrogen) atoms. The summed E-state index contributed by atoms with van der Waals surface area (Å²) in [4.78, 5) is 0. The summed E-state index contributed by atoms with van der Waals surface area (Å²) < 4.78 is 0. The van der Waals surface area contributed by atoms with Crippen LogP contribution in [0, 0.1) is 6.92 Å². The third-order valence-electron chi connectivity index (χ3n) is 3.79. The lowest BCUT2D eigenvalue weighted by Gasteiger charge is -2.17. The molecule has 0 bridgehead atoms. The van der Waals surface area contributed by atoms with E-state index in [2.05, 4.69) is 43.4 Å². The molecule has 0 fully saturated rings. The maximum absolute atomic E-state index is 10.1. The van der Waals surface area contributed by atoms with Gasteiger partial charge in [0, 0.05) is 12.6 Å². The fourth-order valence-corrected chi connectivity index (χ4v) is 2.46. The monoisotopic (exact) mass is 283 g/mol. The van der Waals surface area contributed by atoms with E-state index in [0.29, 0.717) is 12.6 Å². The lowest BCUT2D eigenvalue weighted by molar-refractivity contribution is 0.170. The molecular weight excluding hydrogens is 258 g/mol. The molecule has 2 unspecified atom stereocenters. The van der Waals surface area contributed by atoms with E-state index in [4.69, 9.17) is 0 Å². The van der Waals surface area contributed by atoms with Crippen molar-refractivity contribution < 1.29 is 5.11 Å². The van der Waals surface area contributed by atoms with Crippen molar-refractivity contribution in [2.45, 2.75) is 38.8 Å². The predicted octanol–water partition coefficient (Wildman–Crippen LogP) is 3.64. The molecule has 2 atom stereocenters. The second kappa shape index (κ2) is 7.96. The van der Waals surface area contributed by atoms with Crippen LogP contribution in [0.15, 0.2) is 54.6 Å². The average molecular weight is 283 g/mol. The lowest BCUT2D eigenvalue weighted by atomic mass is 10.0. The van der Waals surface area contributed by atoms with Crippen LogP contribution in [0.3, 0.4) is 0 Å². The van der Waals surface area contributed by atoms with E-state index >= 15 is 0 Å². The summed E-state index contributed by atoms with van der Waals surface area (Å²) in [6, 6.07) is 18.9. The summed E-state index contributed by atoms with van der Waals surface area (Å²) in [7, 11) is 0. The summed E-state index contributed by atoms with van der Waals surface area (Å²) >= 11 is 0. The number of hydrogen-bond acceptors (Lipinski definition) is 2. The quantitative estimate of drug-likeness (QED) is 0.813. The van der Waals surface area contributed by atoms with Crippen LogP contribution < -0.4 is 5.32 Å². The van der Waals surface area contributed by atoms with E-state index in [1.54, 1.807) is 0 Å². The molecule has 2 aromatic rings. The Labute approximate surface area is 127 Å². The van der Waals surface area contributed by atoms with E-state index < -0.39 is 6.10 Å². The van der Waals surface area contributed by atoms with E-state index in [1.807, 2.05) is 30.3 Å². The first-order chi connectivity index (χ1) is 10.1. The molecule has 0 amide bonds. The fraction of sp³-hybridized carbons (Fsp3) is 0.368. The number of benzene rings is 2. The van der Waals surface area contributed by atoms with Crippen LogP contribution in [0.25, 0.3) is 0 Å². The highest BCUT2D eigenvalue weighted by atomic mass is 16.3. The van der Waals surface area contributed by atoms with Crippen LogP contribution >= 0.6 is 0 Å². The van der Waals surface area contributed by atoms with Crippen LogP contribution in [0.5, 0.6) is 0 Å². The topological polar surface area (TPSA) is 32.3 Å². The van der Waals surface area contributed by atoms with Gasteiger partial charge in [-0.3, -0.25) is 0 Å². The summed E-state index contributed by atoms with van der Waals surface area (Å²) in [6.45, 7) is 4.90. The van der Waals surface area contributed by atoms with Crippen LogP contribution in [0.1, 0.15) is 36.1 Å². The van der Waals surface area contributed by atoms with Crippen molar-refractivity contribution in [3.05, 3.63) is 71.3 Å². The van der Waals surface area contributed by atoms with Gasteiger partial charge in [0.1, 0.15) is 0 Å². The van der Waals surface area contributed by atoms with Gasteiger partial charge >= 0.3 is 0 Å². The summed E-state index contributed by atoms with van der Waals surface area (Å²) in [5.41, 5.74) is 3.66. The van der Waals surface area contributed by atoms with Gasteiger partial charge < -0.3 is 10.4 Å². The molecule has 2 aromatic carbocycles. The molecule has 2 heteroatoms. The number of rotatable bonds is 7. The SMILES string of the molecule is Cc1cccc(CCC(C)NCC(O)c2ccccc2)c1. The first-order valence-corrected chi connectivity index (χ1v) is 7.67. The Kier molecular flexibility index (Phi) is 5.97. The Morgan fingerprint density at radius 2 is 1.81 bits per heavy atom. The molecule has 0 heterocycles. The molecule has 0 saturated heterocycles. The van der Waals surface area contributed by atoms with Crippen molar-refractivity contribution in [1.82, 2.24) is 5.32 Å². The molecule has 2 rings (SSSR count). The highest BCUT2D eigenvalue weighted by Crippen LogP contribution is 2.12. The molecule has 112 valence electrons. The molecule has 0 aliphatic rings. The van der Waals surface area contributed by atoms with Gasteiger partial charge in [0.05, 0.1) is 6.10 Å². The zero-order valence-corrected chi connectivity index (χ0v) is 12.9. The standard InChI is InChI=1S/C19H25NO/c1-15-7-6-8-17(13-15)12-11-16(2)20-14-19(21)18-9-4-3-5-10-18/h3-10,13,16,19-21H,11-12,14H2,1-2H3. The number of nitrogens with one attached hydrogen (secondary N) is 1. The number of aliphatic hydroxyl groups is 1. The molecule has 2 nitrogen and oxygen atoms in total. The van der Waals surface area contributed by atoms with Crippen molar-refractivity contribution in [2.24, 2.45) is 0 Å². The maximum Gasteiger partial charge on any atom is 0.0914 e.